The second-order valence-electron chi connectivity index (χ2n) is 13.9. The molecule has 10 rings (SSSR count). The lowest BCUT2D eigenvalue weighted by molar-refractivity contribution is 1.08. The van der Waals surface area contributed by atoms with E-state index in [4.69, 9.17) is 9.97 Å². The Kier molecular flexibility index (Phi) is 8.47. The molecule has 0 spiro atoms. The van der Waals surface area contributed by atoms with Gasteiger partial charge in [0.25, 0.3) is 0 Å². The van der Waals surface area contributed by atoms with Crippen molar-refractivity contribution in [2.45, 2.75) is 0 Å². The van der Waals surface area contributed by atoms with E-state index in [0.29, 0.717) is 5.95 Å². The highest BCUT2D eigenvalue weighted by molar-refractivity contribution is 6.10. The van der Waals surface area contributed by atoms with Gasteiger partial charge in [-0.25, -0.2) is 9.97 Å². The maximum Gasteiger partial charge on any atom is 0.234 e. The van der Waals surface area contributed by atoms with Crippen LogP contribution in [0.2, 0.25) is 0 Å². The van der Waals surface area contributed by atoms with Crippen LogP contribution in [-0.4, -0.2) is 14.5 Å². The third-order valence-corrected chi connectivity index (χ3v) is 10.5. The zero-order valence-electron chi connectivity index (χ0n) is 30.6. The second kappa shape index (κ2) is 14.3. The highest BCUT2D eigenvalue weighted by Gasteiger charge is 2.17. The Hall–Kier alpha value is -7.56. The average Bonchev–Trinajstić information content (AvgIpc) is 3.62. The summed E-state index contributed by atoms with van der Waals surface area (Å²) in [5, 5.41) is 2.47. The number of hydrogen-bond acceptors (Lipinski definition) is 3. The van der Waals surface area contributed by atoms with E-state index in [2.05, 4.69) is 204 Å². The Morgan fingerprint density at radius 2 is 0.732 bits per heavy atom. The fourth-order valence-electron chi connectivity index (χ4n) is 7.70. The van der Waals surface area contributed by atoms with E-state index >= 15 is 0 Å². The Bertz CT molecular complexity index is 2900. The van der Waals surface area contributed by atoms with Crippen molar-refractivity contribution >= 4 is 39.1 Å². The topological polar surface area (TPSA) is 34.0 Å². The minimum absolute atomic E-state index is 0.602. The van der Waals surface area contributed by atoms with Crippen molar-refractivity contribution in [3.8, 4) is 50.2 Å². The molecule has 0 aliphatic rings. The van der Waals surface area contributed by atoms with Crippen LogP contribution in [0.5, 0.6) is 0 Å². The summed E-state index contributed by atoms with van der Waals surface area (Å²) in [5.74, 6) is 0.602. The molecule has 0 fully saturated rings. The molecule has 0 N–H and O–H groups in total. The van der Waals surface area contributed by atoms with Crippen LogP contribution in [0, 0.1) is 0 Å². The Labute approximate surface area is 326 Å². The molecule has 2 aromatic heterocycles. The normalized spacial score (nSPS) is 11.2. The van der Waals surface area contributed by atoms with E-state index in [1.165, 1.54) is 38.5 Å². The van der Waals surface area contributed by atoms with Gasteiger partial charge in [0.2, 0.25) is 5.95 Å². The number of nitrogens with zero attached hydrogens (tertiary/aromatic N) is 4. The third kappa shape index (κ3) is 6.19. The van der Waals surface area contributed by atoms with Gasteiger partial charge in [-0.05, 0) is 93.5 Å². The van der Waals surface area contributed by atoms with Gasteiger partial charge in [-0.2, -0.15) is 0 Å². The molecule has 0 aliphatic carbocycles. The molecule has 0 saturated heterocycles. The lowest BCUT2D eigenvalue weighted by Gasteiger charge is -2.24. The molecule has 0 atom stereocenters. The van der Waals surface area contributed by atoms with E-state index in [0.717, 1.165) is 44.9 Å². The van der Waals surface area contributed by atoms with Gasteiger partial charge in [0.05, 0.1) is 11.0 Å². The van der Waals surface area contributed by atoms with Gasteiger partial charge in [-0.1, -0.05) is 152 Å². The van der Waals surface area contributed by atoms with Crippen LogP contribution in [0.3, 0.4) is 0 Å². The van der Waals surface area contributed by atoms with Crippen LogP contribution in [-0.2, 0) is 0 Å². The number of anilines is 3. The van der Waals surface area contributed by atoms with Gasteiger partial charge in [0, 0.05) is 45.8 Å². The van der Waals surface area contributed by atoms with Gasteiger partial charge >= 0.3 is 0 Å². The number of benzene rings is 8. The van der Waals surface area contributed by atoms with E-state index < -0.39 is 0 Å². The number of rotatable bonds is 8. The molecule has 8 aromatic carbocycles. The Morgan fingerprint density at radius 1 is 0.321 bits per heavy atom. The standard InChI is InChI=1S/C52H36N4/c1-4-12-37(13-5-1)39-20-22-42(23-21-39)44-35-53-52(54-36-44)55(46-29-24-40(25-30-46)38-14-6-2-7-15-38)47-31-26-41(27-32-47)43-28-33-51-49(34-43)48-18-10-11-19-50(48)56(51)45-16-8-3-9-17-45/h1-36H. The molecule has 0 bridgehead atoms. The molecule has 264 valence electrons. The largest absolute Gasteiger partial charge is 0.309 e. The van der Waals surface area contributed by atoms with Gasteiger partial charge in [-0.3, -0.25) is 4.90 Å². The van der Waals surface area contributed by atoms with Gasteiger partial charge < -0.3 is 4.57 Å². The Balaban J connectivity index is 1.00. The fourth-order valence-corrected chi connectivity index (χ4v) is 7.70. The number of fused-ring (bicyclic) bond motifs is 3. The highest BCUT2D eigenvalue weighted by atomic mass is 15.3. The zero-order valence-corrected chi connectivity index (χ0v) is 30.6. The number of aromatic nitrogens is 3. The lowest BCUT2D eigenvalue weighted by Crippen LogP contribution is -2.13. The lowest BCUT2D eigenvalue weighted by atomic mass is 10.0. The van der Waals surface area contributed by atoms with Crippen LogP contribution in [0.25, 0.3) is 72.0 Å². The summed E-state index contributed by atoms with van der Waals surface area (Å²) >= 11 is 0. The van der Waals surface area contributed by atoms with Gasteiger partial charge in [0.1, 0.15) is 0 Å². The first-order valence-corrected chi connectivity index (χ1v) is 18.9. The van der Waals surface area contributed by atoms with Crippen LogP contribution < -0.4 is 4.90 Å². The molecule has 0 amide bonds. The van der Waals surface area contributed by atoms with Crippen molar-refractivity contribution in [1.29, 1.82) is 0 Å². The van der Waals surface area contributed by atoms with Crippen molar-refractivity contribution in [3.05, 3.63) is 219 Å². The predicted molar refractivity (Wildman–Crippen MR) is 233 cm³/mol. The average molecular weight is 717 g/mol. The molecule has 0 saturated carbocycles. The van der Waals surface area contributed by atoms with Crippen molar-refractivity contribution in [2.75, 3.05) is 4.90 Å². The van der Waals surface area contributed by atoms with E-state index in [-0.39, 0.29) is 0 Å². The quantitative estimate of drug-likeness (QED) is 0.157. The minimum Gasteiger partial charge on any atom is -0.309 e. The number of para-hydroxylation sites is 2. The molecular weight excluding hydrogens is 681 g/mol. The molecule has 0 aliphatic heterocycles. The smallest absolute Gasteiger partial charge is 0.234 e. The van der Waals surface area contributed by atoms with Crippen molar-refractivity contribution in [1.82, 2.24) is 14.5 Å². The Morgan fingerprint density at radius 3 is 1.30 bits per heavy atom. The molecule has 4 nitrogen and oxygen atoms in total. The van der Waals surface area contributed by atoms with Crippen molar-refractivity contribution in [3.63, 3.8) is 0 Å². The summed E-state index contributed by atoms with van der Waals surface area (Å²) in [6, 6.07) is 72.8. The van der Waals surface area contributed by atoms with Gasteiger partial charge in [0.15, 0.2) is 0 Å². The van der Waals surface area contributed by atoms with E-state index in [1.807, 2.05) is 24.5 Å². The zero-order chi connectivity index (χ0) is 37.3. The van der Waals surface area contributed by atoms with E-state index in [9.17, 15) is 0 Å². The maximum absolute atomic E-state index is 4.95. The van der Waals surface area contributed by atoms with Crippen LogP contribution in [0.15, 0.2) is 219 Å². The molecule has 0 radical (unpaired) electrons. The molecule has 10 aromatic rings. The maximum atomic E-state index is 4.95. The highest BCUT2D eigenvalue weighted by Crippen LogP contribution is 2.38. The molecule has 56 heavy (non-hydrogen) atoms. The van der Waals surface area contributed by atoms with Crippen molar-refractivity contribution < 1.29 is 0 Å². The van der Waals surface area contributed by atoms with Crippen LogP contribution in [0.1, 0.15) is 0 Å². The molecule has 0 unspecified atom stereocenters. The van der Waals surface area contributed by atoms with E-state index in [1.54, 1.807) is 0 Å². The van der Waals surface area contributed by atoms with Gasteiger partial charge in [-0.15, -0.1) is 0 Å². The minimum atomic E-state index is 0.602. The first-order valence-electron chi connectivity index (χ1n) is 18.9. The molecule has 2 heterocycles. The summed E-state index contributed by atoms with van der Waals surface area (Å²) in [7, 11) is 0. The second-order valence-corrected chi connectivity index (χ2v) is 13.9. The molecule has 4 heteroatoms. The fraction of sp³-hybridized carbons (Fsp3) is 0. The SMILES string of the molecule is c1ccc(-c2ccc(-c3cnc(N(c4ccc(-c5ccccc5)cc4)c4ccc(-c5ccc6c(c5)c5ccccc5n6-c5ccccc5)cc4)nc3)cc2)cc1. The third-order valence-electron chi connectivity index (χ3n) is 10.5. The van der Waals surface area contributed by atoms with Crippen LogP contribution in [0.4, 0.5) is 17.3 Å². The van der Waals surface area contributed by atoms with Crippen molar-refractivity contribution in [2.24, 2.45) is 0 Å². The molecular formula is C52H36N4. The summed E-state index contributed by atoms with van der Waals surface area (Å²) < 4.78 is 2.35. The summed E-state index contributed by atoms with van der Waals surface area (Å²) in [6.07, 6.45) is 3.83. The summed E-state index contributed by atoms with van der Waals surface area (Å²) in [4.78, 5) is 12.0. The monoisotopic (exact) mass is 716 g/mol. The van der Waals surface area contributed by atoms with Crippen LogP contribution >= 0.6 is 0 Å². The summed E-state index contributed by atoms with van der Waals surface area (Å²) in [6.45, 7) is 0. The first-order chi connectivity index (χ1) is 27.8. The summed E-state index contributed by atoms with van der Waals surface area (Å²) in [5.41, 5.74) is 14.6. The first kappa shape index (κ1) is 33.0. The predicted octanol–water partition coefficient (Wildman–Crippen LogP) is 13.7. The number of hydrogen-bond donors (Lipinski definition) is 0.